The van der Waals surface area contributed by atoms with Crippen LogP contribution in [-0.4, -0.2) is 38.9 Å². The number of nitrogens with zero attached hydrogens (tertiary/aromatic N) is 1. The van der Waals surface area contributed by atoms with Gasteiger partial charge in [0.05, 0.1) is 12.7 Å². The molecular formula is C18H30IN3O2. The fourth-order valence-electron chi connectivity index (χ4n) is 2.72. The Balaban J connectivity index is 0.00000288. The second-order valence-electron chi connectivity index (χ2n) is 5.82. The standard InChI is InChI=1S/C18H29N3O2.HI/c1-4-22-17-12-14(2)7-8-15(17)13-21-18(19-3)20-10-9-16-6-5-11-23-16;/h7-8,12,16H,4-6,9-11,13H2,1-3H3,(H2,19,20,21);1H. The topological polar surface area (TPSA) is 54.9 Å². The van der Waals surface area contributed by atoms with E-state index in [2.05, 4.69) is 40.7 Å². The Kier molecular flexibility index (Phi) is 10.1. The van der Waals surface area contributed by atoms with E-state index in [1.165, 1.54) is 18.4 Å². The second-order valence-corrected chi connectivity index (χ2v) is 5.82. The summed E-state index contributed by atoms with van der Waals surface area (Å²) in [4.78, 5) is 4.27. The van der Waals surface area contributed by atoms with Gasteiger partial charge >= 0.3 is 0 Å². The summed E-state index contributed by atoms with van der Waals surface area (Å²) in [6.45, 7) is 7.22. The molecule has 136 valence electrons. The molecule has 1 atom stereocenters. The number of aryl methyl sites for hydroxylation is 1. The van der Waals surface area contributed by atoms with E-state index in [1.807, 2.05) is 6.92 Å². The first-order valence-electron chi connectivity index (χ1n) is 8.51. The quantitative estimate of drug-likeness (QED) is 0.383. The van der Waals surface area contributed by atoms with Gasteiger partial charge in [0.15, 0.2) is 5.96 Å². The lowest BCUT2D eigenvalue weighted by molar-refractivity contribution is 0.105. The smallest absolute Gasteiger partial charge is 0.191 e. The molecule has 1 aliphatic heterocycles. The molecule has 0 aliphatic carbocycles. The summed E-state index contributed by atoms with van der Waals surface area (Å²) >= 11 is 0. The Bertz CT molecular complexity index is 517. The van der Waals surface area contributed by atoms with Gasteiger partial charge in [-0.3, -0.25) is 4.99 Å². The van der Waals surface area contributed by atoms with Crippen molar-refractivity contribution in [3.05, 3.63) is 29.3 Å². The minimum Gasteiger partial charge on any atom is -0.494 e. The van der Waals surface area contributed by atoms with Gasteiger partial charge in [-0.05, 0) is 44.7 Å². The number of rotatable bonds is 7. The second kappa shape index (κ2) is 11.5. The number of guanidine groups is 1. The van der Waals surface area contributed by atoms with Gasteiger partial charge < -0.3 is 20.1 Å². The van der Waals surface area contributed by atoms with Gasteiger partial charge in [-0.1, -0.05) is 12.1 Å². The number of aliphatic imine (C=N–C) groups is 1. The predicted molar refractivity (Wildman–Crippen MR) is 110 cm³/mol. The van der Waals surface area contributed by atoms with Gasteiger partial charge in [-0.25, -0.2) is 0 Å². The first kappa shape index (κ1) is 21.0. The fraction of sp³-hybridized carbons (Fsp3) is 0.611. The molecule has 5 nitrogen and oxygen atoms in total. The minimum atomic E-state index is 0. The fourth-order valence-corrected chi connectivity index (χ4v) is 2.72. The monoisotopic (exact) mass is 447 g/mol. The van der Waals surface area contributed by atoms with E-state index in [1.54, 1.807) is 7.05 Å². The van der Waals surface area contributed by atoms with Crippen LogP contribution in [0.25, 0.3) is 0 Å². The van der Waals surface area contributed by atoms with E-state index in [0.717, 1.165) is 36.8 Å². The average molecular weight is 447 g/mol. The maximum absolute atomic E-state index is 5.72. The Labute approximate surface area is 162 Å². The van der Waals surface area contributed by atoms with Crippen molar-refractivity contribution >= 4 is 29.9 Å². The summed E-state index contributed by atoms with van der Waals surface area (Å²) in [7, 11) is 1.79. The van der Waals surface area contributed by atoms with Gasteiger partial charge in [-0.15, -0.1) is 24.0 Å². The number of halogens is 1. The molecule has 1 aliphatic rings. The lowest BCUT2D eigenvalue weighted by Gasteiger charge is -2.16. The summed E-state index contributed by atoms with van der Waals surface area (Å²) in [6, 6.07) is 6.29. The van der Waals surface area contributed by atoms with Gasteiger partial charge in [0.25, 0.3) is 0 Å². The molecule has 2 N–H and O–H groups in total. The average Bonchev–Trinajstić information content (AvgIpc) is 3.06. The molecular weight excluding hydrogens is 417 g/mol. The highest BCUT2D eigenvalue weighted by molar-refractivity contribution is 14.0. The molecule has 1 aromatic carbocycles. The van der Waals surface area contributed by atoms with Crippen LogP contribution in [0.5, 0.6) is 5.75 Å². The van der Waals surface area contributed by atoms with Crippen LogP contribution in [0.3, 0.4) is 0 Å². The molecule has 2 rings (SSSR count). The van der Waals surface area contributed by atoms with Crippen LogP contribution in [-0.2, 0) is 11.3 Å². The SMILES string of the molecule is CCOc1cc(C)ccc1CNC(=NC)NCCC1CCCO1.I. The van der Waals surface area contributed by atoms with Crippen LogP contribution in [0.15, 0.2) is 23.2 Å². The van der Waals surface area contributed by atoms with Crippen LogP contribution in [0.2, 0.25) is 0 Å². The number of ether oxygens (including phenoxy) is 2. The van der Waals surface area contributed by atoms with Crippen LogP contribution >= 0.6 is 24.0 Å². The van der Waals surface area contributed by atoms with Crippen LogP contribution in [0.4, 0.5) is 0 Å². The van der Waals surface area contributed by atoms with E-state index < -0.39 is 0 Å². The number of hydrogen-bond donors (Lipinski definition) is 2. The molecule has 0 radical (unpaired) electrons. The summed E-state index contributed by atoms with van der Waals surface area (Å²) in [5, 5.41) is 6.69. The van der Waals surface area contributed by atoms with Crippen molar-refractivity contribution in [2.45, 2.75) is 45.8 Å². The highest BCUT2D eigenvalue weighted by Crippen LogP contribution is 2.20. The summed E-state index contributed by atoms with van der Waals surface area (Å²) < 4.78 is 11.4. The molecule has 6 heteroatoms. The third-order valence-corrected chi connectivity index (χ3v) is 3.98. The van der Waals surface area contributed by atoms with Crippen LogP contribution < -0.4 is 15.4 Å². The largest absolute Gasteiger partial charge is 0.494 e. The summed E-state index contributed by atoms with van der Waals surface area (Å²) in [6.07, 6.45) is 3.79. The Morgan fingerprint density at radius 2 is 2.21 bits per heavy atom. The van der Waals surface area contributed by atoms with E-state index >= 15 is 0 Å². The molecule has 0 amide bonds. The van der Waals surface area contributed by atoms with Gasteiger partial charge in [0.1, 0.15) is 5.75 Å². The highest BCUT2D eigenvalue weighted by Gasteiger charge is 2.14. The van der Waals surface area contributed by atoms with Gasteiger partial charge in [0.2, 0.25) is 0 Å². The molecule has 0 bridgehead atoms. The Hall–Kier alpha value is -1.02. The van der Waals surface area contributed by atoms with Crippen molar-refractivity contribution in [1.82, 2.24) is 10.6 Å². The lowest BCUT2D eigenvalue weighted by atomic mass is 10.1. The summed E-state index contributed by atoms with van der Waals surface area (Å²) in [5.74, 6) is 1.75. The number of benzene rings is 1. The van der Waals surface area contributed by atoms with Crippen molar-refractivity contribution in [3.8, 4) is 5.75 Å². The first-order valence-corrected chi connectivity index (χ1v) is 8.51. The maximum Gasteiger partial charge on any atom is 0.191 e. The molecule has 0 saturated carbocycles. The zero-order chi connectivity index (χ0) is 16.5. The Morgan fingerprint density at radius 1 is 1.38 bits per heavy atom. The first-order chi connectivity index (χ1) is 11.2. The zero-order valence-corrected chi connectivity index (χ0v) is 17.3. The third-order valence-electron chi connectivity index (χ3n) is 3.98. The number of hydrogen-bond acceptors (Lipinski definition) is 3. The molecule has 1 fully saturated rings. The molecule has 1 unspecified atom stereocenters. The minimum absolute atomic E-state index is 0. The van der Waals surface area contributed by atoms with E-state index in [0.29, 0.717) is 19.3 Å². The van der Waals surface area contributed by atoms with Crippen molar-refractivity contribution < 1.29 is 9.47 Å². The van der Waals surface area contributed by atoms with Crippen molar-refractivity contribution in [2.75, 3.05) is 26.8 Å². The van der Waals surface area contributed by atoms with Gasteiger partial charge in [-0.2, -0.15) is 0 Å². The van der Waals surface area contributed by atoms with E-state index in [-0.39, 0.29) is 24.0 Å². The molecule has 1 saturated heterocycles. The molecule has 0 spiro atoms. The van der Waals surface area contributed by atoms with Crippen LogP contribution in [0, 0.1) is 6.92 Å². The third kappa shape index (κ3) is 6.84. The molecule has 1 aromatic rings. The highest BCUT2D eigenvalue weighted by atomic mass is 127. The molecule has 1 heterocycles. The molecule has 24 heavy (non-hydrogen) atoms. The molecule has 0 aromatic heterocycles. The van der Waals surface area contributed by atoms with Crippen molar-refractivity contribution in [3.63, 3.8) is 0 Å². The normalized spacial score (nSPS) is 17.3. The van der Waals surface area contributed by atoms with Crippen molar-refractivity contribution in [1.29, 1.82) is 0 Å². The zero-order valence-electron chi connectivity index (χ0n) is 14.9. The number of nitrogens with one attached hydrogen (secondary N) is 2. The summed E-state index contributed by atoms with van der Waals surface area (Å²) in [5.41, 5.74) is 2.34. The maximum atomic E-state index is 5.72. The Morgan fingerprint density at radius 3 is 2.88 bits per heavy atom. The van der Waals surface area contributed by atoms with E-state index in [4.69, 9.17) is 9.47 Å². The lowest BCUT2D eigenvalue weighted by Crippen LogP contribution is -2.38. The van der Waals surface area contributed by atoms with Crippen LogP contribution in [0.1, 0.15) is 37.3 Å². The van der Waals surface area contributed by atoms with Gasteiger partial charge in [0, 0.05) is 32.3 Å². The van der Waals surface area contributed by atoms with Crippen molar-refractivity contribution in [2.24, 2.45) is 4.99 Å². The predicted octanol–water partition coefficient (Wildman–Crippen LogP) is 3.25. The van der Waals surface area contributed by atoms with E-state index in [9.17, 15) is 0 Å².